The van der Waals surface area contributed by atoms with E-state index in [0.29, 0.717) is 36.3 Å². The quantitative estimate of drug-likeness (QED) is 0.295. The minimum Gasteiger partial charge on any atom is -0.366 e. The Labute approximate surface area is 244 Å². The number of H-pyrrole nitrogens is 1. The van der Waals surface area contributed by atoms with Crippen LogP contribution in [0.4, 0.5) is 5.69 Å². The molecule has 2 aliphatic rings. The van der Waals surface area contributed by atoms with Gasteiger partial charge in [0.15, 0.2) is 0 Å². The molecule has 3 heterocycles. The number of piperazine rings is 1. The lowest BCUT2D eigenvalue weighted by Gasteiger charge is -2.32. The molecule has 0 unspecified atom stereocenters. The van der Waals surface area contributed by atoms with Crippen molar-refractivity contribution in [3.8, 4) is 11.1 Å². The van der Waals surface area contributed by atoms with Crippen LogP contribution in [-0.2, 0) is 19.6 Å². The molecule has 1 fully saturated rings. The number of hydrogen-bond donors (Lipinski definition) is 3. The summed E-state index contributed by atoms with van der Waals surface area (Å²) in [5, 5.41) is 1.83. The molecule has 42 heavy (non-hydrogen) atoms. The minimum atomic E-state index is -0.505. The number of primary amides is 1. The maximum atomic E-state index is 13.4. The summed E-state index contributed by atoms with van der Waals surface area (Å²) in [6, 6.07) is 24.4. The third-order valence-corrected chi connectivity index (χ3v) is 8.88. The average molecular weight is 559 g/mol. The summed E-state index contributed by atoms with van der Waals surface area (Å²) in [5.74, 6) is -0.488. The molecule has 2 aliphatic heterocycles. The summed E-state index contributed by atoms with van der Waals surface area (Å²) >= 11 is 0. The number of amides is 2. The zero-order valence-electron chi connectivity index (χ0n) is 23.7. The van der Waals surface area contributed by atoms with Crippen LogP contribution in [0.3, 0.4) is 0 Å². The van der Waals surface area contributed by atoms with Crippen molar-refractivity contribution in [1.29, 1.82) is 0 Å². The average Bonchev–Trinajstić information content (AvgIpc) is 3.62. The van der Waals surface area contributed by atoms with Gasteiger partial charge in [0.2, 0.25) is 0 Å². The van der Waals surface area contributed by atoms with E-state index in [-0.39, 0.29) is 5.91 Å². The van der Waals surface area contributed by atoms with Gasteiger partial charge in [-0.05, 0) is 59.1 Å². The Balaban J connectivity index is 1.35. The Kier molecular flexibility index (Phi) is 6.45. The number of nitrogens with two attached hydrogens (primary N) is 2. The topological polar surface area (TPSA) is 112 Å². The molecule has 5 N–H and O–H groups in total. The maximum Gasteiger partial charge on any atom is 0.254 e. The summed E-state index contributed by atoms with van der Waals surface area (Å²) in [5.41, 5.74) is 21.6. The number of likely N-dealkylation sites (N-methyl/N-ethyl adjacent to an activating group) is 1. The van der Waals surface area contributed by atoms with Gasteiger partial charge < -0.3 is 31.2 Å². The molecule has 0 aliphatic carbocycles. The molecule has 8 heteroatoms. The second kappa shape index (κ2) is 10.3. The summed E-state index contributed by atoms with van der Waals surface area (Å²) in [6.45, 7) is 5.16. The Morgan fingerprint density at radius 1 is 0.857 bits per heavy atom. The first-order valence-corrected chi connectivity index (χ1v) is 14.4. The second-order valence-electron chi connectivity index (χ2n) is 11.4. The van der Waals surface area contributed by atoms with Gasteiger partial charge >= 0.3 is 0 Å². The number of anilines is 1. The smallest absolute Gasteiger partial charge is 0.254 e. The molecular weight excluding hydrogens is 524 g/mol. The predicted molar refractivity (Wildman–Crippen MR) is 167 cm³/mol. The molecule has 0 atom stereocenters. The highest BCUT2D eigenvalue weighted by molar-refractivity contribution is 6.20. The van der Waals surface area contributed by atoms with Crippen LogP contribution in [0, 0.1) is 0 Å². The van der Waals surface area contributed by atoms with Crippen molar-refractivity contribution in [1.82, 2.24) is 14.8 Å². The normalized spacial score (nSPS) is 15.5. The zero-order chi connectivity index (χ0) is 29.0. The van der Waals surface area contributed by atoms with Crippen LogP contribution in [0.15, 0.2) is 72.8 Å². The summed E-state index contributed by atoms with van der Waals surface area (Å²) in [7, 11) is 2.07. The van der Waals surface area contributed by atoms with E-state index in [1.54, 1.807) is 6.07 Å². The second-order valence-corrected chi connectivity index (χ2v) is 11.4. The van der Waals surface area contributed by atoms with Gasteiger partial charge in [0.05, 0.1) is 11.1 Å². The summed E-state index contributed by atoms with van der Waals surface area (Å²) < 4.78 is 0. The number of aromatic amines is 1. The van der Waals surface area contributed by atoms with Crippen molar-refractivity contribution in [3.63, 3.8) is 0 Å². The molecule has 0 spiro atoms. The molecule has 7 rings (SSSR count). The van der Waals surface area contributed by atoms with Gasteiger partial charge in [-0.1, -0.05) is 48.5 Å². The molecule has 5 aromatic rings. The molecule has 0 bridgehead atoms. The molecule has 4 aromatic carbocycles. The maximum absolute atomic E-state index is 13.4. The van der Waals surface area contributed by atoms with Gasteiger partial charge in [0, 0.05) is 73.4 Å². The van der Waals surface area contributed by atoms with E-state index in [9.17, 15) is 9.59 Å². The predicted octanol–water partition coefficient (Wildman–Crippen LogP) is 4.45. The highest BCUT2D eigenvalue weighted by Crippen LogP contribution is 2.41. The van der Waals surface area contributed by atoms with Crippen molar-refractivity contribution in [2.45, 2.75) is 19.6 Å². The van der Waals surface area contributed by atoms with Crippen LogP contribution in [0.25, 0.3) is 32.9 Å². The van der Waals surface area contributed by atoms with Crippen LogP contribution in [0.1, 0.15) is 37.4 Å². The minimum absolute atomic E-state index is 0.0173. The third kappa shape index (κ3) is 4.31. The SMILES string of the molecule is CN1CCN(C(=O)c2ccc3c(c2)[nH]c2c(C(N)=O)ccc(-c4cccc(N5Cc6ccccc6C5)c4CN)c23)CC1. The summed E-state index contributed by atoms with van der Waals surface area (Å²) in [4.78, 5) is 35.8. The zero-order valence-corrected chi connectivity index (χ0v) is 23.7. The number of nitrogens with one attached hydrogen (secondary N) is 1. The van der Waals surface area contributed by atoms with Crippen LogP contribution < -0.4 is 16.4 Å². The van der Waals surface area contributed by atoms with E-state index in [0.717, 1.165) is 64.8 Å². The number of benzene rings is 4. The first kappa shape index (κ1) is 26.3. The van der Waals surface area contributed by atoms with E-state index in [4.69, 9.17) is 11.5 Å². The highest BCUT2D eigenvalue weighted by Gasteiger charge is 2.25. The Morgan fingerprint density at radius 3 is 2.29 bits per heavy atom. The lowest BCUT2D eigenvalue weighted by atomic mass is 9.92. The van der Waals surface area contributed by atoms with Gasteiger partial charge in [-0.25, -0.2) is 0 Å². The van der Waals surface area contributed by atoms with E-state index in [2.05, 4.69) is 64.3 Å². The molecule has 0 radical (unpaired) electrons. The van der Waals surface area contributed by atoms with Crippen LogP contribution in [0.2, 0.25) is 0 Å². The van der Waals surface area contributed by atoms with Crippen molar-refractivity contribution < 1.29 is 9.59 Å². The Hall–Kier alpha value is -4.66. The number of aromatic nitrogens is 1. The van der Waals surface area contributed by atoms with E-state index in [1.807, 2.05) is 29.2 Å². The van der Waals surface area contributed by atoms with Gasteiger partial charge in [0.25, 0.3) is 11.8 Å². The van der Waals surface area contributed by atoms with E-state index in [1.165, 1.54) is 11.1 Å². The standard InChI is InChI=1S/C34H34N6O2/c1-38-13-15-39(16-14-38)34(42)21-9-10-26-29(17-21)37-32-27(33(36)41)12-11-25(31(26)32)24-7-4-8-30(28(24)18-35)40-19-22-5-2-3-6-23(22)20-40/h2-12,17,37H,13-16,18-20,35H2,1H3,(H2,36,41). The van der Waals surface area contributed by atoms with Gasteiger partial charge in [-0.15, -0.1) is 0 Å². The van der Waals surface area contributed by atoms with Crippen molar-refractivity contribution >= 4 is 39.3 Å². The molecule has 2 amide bonds. The fourth-order valence-corrected chi connectivity index (χ4v) is 6.61. The third-order valence-electron chi connectivity index (χ3n) is 8.88. The molecule has 8 nitrogen and oxygen atoms in total. The first-order chi connectivity index (χ1) is 20.4. The van der Waals surface area contributed by atoms with Gasteiger partial charge in [-0.2, -0.15) is 0 Å². The number of rotatable bonds is 5. The molecule has 1 aromatic heterocycles. The molecule has 0 saturated carbocycles. The van der Waals surface area contributed by atoms with Crippen LogP contribution >= 0.6 is 0 Å². The number of hydrogen-bond acceptors (Lipinski definition) is 5. The van der Waals surface area contributed by atoms with Crippen molar-refractivity contribution in [2.75, 3.05) is 38.1 Å². The van der Waals surface area contributed by atoms with Crippen molar-refractivity contribution in [3.05, 3.63) is 101 Å². The Morgan fingerprint density at radius 2 is 1.60 bits per heavy atom. The first-order valence-electron chi connectivity index (χ1n) is 14.4. The monoisotopic (exact) mass is 558 g/mol. The number of fused-ring (bicyclic) bond motifs is 4. The molecule has 212 valence electrons. The lowest BCUT2D eigenvalue weighted by Crippen LogP contribution is -2.47. The fourth-order valence-electron chi connectivity index (χ4n) is 6.61. The summed E-state index contributed by atoms with van der Waals surface area (Å²) in [6.07, 6.45) is 0. The number of nitrogens with zero attached hydrogens (tertiary/aromatic N) is 3. The fraction of sp³-hybridized carbons (Fsp3) is 0.235. The molecule has 1 saturated heterocycles. The van der Waals surface area contributed by atoms with E-state index >= 15 is 0 Å². The lowest BCUT2D eigenvalue weighted by molar-refractivity contribution is 0.0664. The largest absolute Gasteiger partial charge is 0.366 e. The van der Waals surface area contributed by atoms with Crippen LogP contribution in [-0.4, -0.2) is 59.8 Å². The molecular formula is C34H34N6O2. The highest BCUT2D eigenvalue weighted by atomic mass is 16.2. The van der Waals surface area contributed by atoms with Crippen LogP contribution in [0.5, 0.6) is 0 Å². The van der Waals surface area contributed by atoms with Crippen molar-refractivity contribution in [2.24, 2.45) is 11.5 Å². The van der Waals surface area contributed by atoms with Gasteiger partial charge in [-0.3, -0.25) is 9.59 Å². The number of carbonyl (C=O) groups excluding carboxylic acids is 2. The van der Waals surface area contributed by atoms with E-state index < -0.39 is 5.91 Å². The Bertz CT molecular complexity index is 1840. The van der Waals surface area contributed by atoms with Gasteiger partial charge in [0.1, 0.15) is 0 Å². The number of carbonyl (C=O) groups is 2.